The number of aliphatic hydroxyl groups excluding tert-OH is 3. The molecule has 0 aromatic rings. The van der Waals surface area contributed by atoms with E-state index in [4.69, 9.17) is 14.5 Å². The molecule has 0 heterocycles. The Labute approximate surface area is 217 Å². The summed E-state index contributed by atoms with van der Waals surface area (Å²) in [4.78, 5) is 10.8. The molecule has 3 N–H and O–H groups in total. The zero-order chi connectivity index (χ0) is 25.9. The third kappa shape index (κ3) is 19.5. The van der Waals surface area contributed by atoms with Crippen LogP contribution in [0, 0.1) is 5.41 Å². The van der Waals surface area contributed by atoms with E-state index < -0.39 is 31.5 Å². The molecule has 0 aromatic carbocycles. The monoisotopic (exact) mass is 504 g/mol. The largest absolute Gasteiger partial charge is 0.395 e. The normalized spacial score (nSPS) is 12.9. The van der Waals surface area contributed by atoms with Crippen LogP contribution in [0.15, 0.2) is 0 Å². The second kappa shape index (κ2) is 26.8. The van der Waals surface area contributed by atoms with Gasteiger partial charge in [0.25, 0.3) is 0 Å². The summed E-state index contributed by atoms with van der Waals surface area (Å²) in [6, 6.07) is 0. The standard InChI is InChI=1S/C29H60O6/c1-3-5-7-9-11-13-15-17-19-21-23-33-28(29(25-30,26-31)27-32)35-34-24-22-20-18-16-14-12-10-8-6-4-2/h28,30-32H,3-27H2,1-2H3. The highest BCUT2D eigenvalue weighted by Gasteiger charge is 2.40. The summed E-state index contributed by atoms with van der Waals surface area (Å²) >= 11 is 0. The van der Waals surface area contributed by atoms with Gasteiger partial charge in [0.2, 0.25) is 6.29 Å². The molecule has 6 heteroatoms. The third-order valence-electron chi connectivity index (χ3n) is 6.95. The number of rotatable bonds is 29. The van der Waals surface area contributed by atoms with Crippen molar-refractivity contribution in [1.82, 2.24) is 0 Å². The van der Waals surface area contributed by atoms with Crippen LogP contribution in [0.4, 0.5) is 0 Å². The van der Waals surface area contributed by atoms with Crippen LogP contribution in [0.5, 0.6) is 0 Å². The number of aliphatic hydroxyl groups is 3. The van der Waals surface area contributed by atoms with Gasteiger partial charge in [0.15, 0.2) is 0 Å². The summed E-state index contributed by atoms with van der Waals surface area (Å²) in [5.41, 5.74) is -1.28. The number of unbranched alkanes of at least 4 members (excludes halogenated alkanes) is 18. The summed E-state index contributed by atoms with van der Waals surface area (Å²) in [5.74, 6) is 0. The Morgan fingerprint density at radius 2 is 0.829 bits per heavy atom. The average Bonchev–Trinajstić information content (AvgIpc) is 2.88. The minimum absolute atomic E-state index is 0.437. The molecular weight excluding hydrogens is 444 g/mol. The quantitative estimate of drug-likeness (QED) is 0.0436. The molecule has 6 nitrogen and oxygen atoms in total. The summed E-state index contributed by atoms with van der Waals surface area (Å²) in [6.45, 7) is 4.06. The van der Waals surface area contributed by atoms with Crippen LogP contribution in [0.1, 0.15) is 142 Å². The second-order valence-electron chi connectivity index (χ2n) is 10.3. The minimum Gasteiger partial charge on any atom is -0.395 e. The fourth-order valence-corrected chi connectivity index (χ4v) is 4.22. The maximum Gasteiger partial charge on any atom is 0.203 e. The molecule has 0 amide bonds. The highest BCUT2D eigenvalue weighted by atomic mass is 17.2. The first-order chi connectivity index (χ1) is 17.2. The van der Waals surface area contributed by atoms with E-state index in [1.807, 2.05) is 0 Å². The van der Waals surface area contributed by atoms with Gasteiger partial charge in [-0.1, -0.05) is 129 Å². The highest BCUT2D eigenvalue weighted by molar-refractivity contribution is 4.80. The molecule has 0 saturated carbocycles. The van der Waals surface area contributed by atoms with Crippen molar-refractivity contribution in [2.45, 2.75) is 149 Å². The van der Waals surface area contributed by atoms with Gasteiger partial charge in [-0.15, -0.1) is 0 Å². The topological polar surface area (TPSA) is 88.4 Å². The first kappa shape index (κ1) is 34.8. The van der Waals surface area contributed by atoms with Gasteiger partial charge in [-0.2, -0.15) is 0 Å². The van der Waals surface area contributed by atoms with Crippen molar-refractivity contribution in [2.24, 2.45) is 5.41 Å². The zero-order valence-electron chi connectivity index (χ0n) is 23.3. The molecule has 0 bridgehead atoms. The fourth-order valence-electron chi connectivity index (χ4n) is 4.22. The molecular formula is C29H60O6. The minimum atomic E-state index is -1.28. The van der Waals surface area contributed by atoms with Gasteiger partial charge in [-0.25, -0.2) is 9.78 Å². The van der Waals surface area contributed by atoms with Gasteiger partial charge >= 0.3 is 0 Å². The number of hydrogen-bond donors (Lipinski definition) is 3. The molecule has 0 aliphatic heterocycles. The third-order valence-corrected chi connectivity index (χ3v) is 6.95. The lowest BCUT2D eigenvalue weighted by Gasteiger charge is -2.34. The van der Waals surface area contributed by atoms with Gasteiger partial charge < -0.3 is 20.1 Å². The molecule has 212 valence electrons. The molecule has 0 aliphatic carbocycles. The van der Waals surface area contributed by atoms with Gasteiger partial charge in [0, 0.05) is 6.61 Å². The lowest BCUT2D eigenvalue weighted by Crippen LogP contribution is -2.48. The Hall–Kier alpha value is -0.240. The van der Waals surface area contributed by atoms with Gasteiger partial charge in [-0.3, -0.25) is 0 Å². The molecule has 0 aromatic heterocycles. The predicted molar refractivity (Wildman–Crippen MR) is 144 cm³/mol. The van der Waals surface area contributed by atoms with E-state index in [2.05, 4.69) is 13.8 Å². The molecule has 35 heavy (non-hydrogen) atoms. The van der Waals surface area contributed by atoms with Crippen molar-refractivity contribution in [3.8, 4) is 0 Å². The Kier molecular flexibility index (Phi) is 26.6. The Morgan fingerprint density at radius 3 is 1.20 bits per heavy atom. The first-order valence-corrected chi connectivity index (χ1v) is 14.9. The van der Waals surface area contributed by atoms with Crippen molar-refractivity contribution in [2.75, 3.05) is 33.0 Å². The molecule has 0 saturated heterocycles. The molecule has 0 spiro atoms. The van der Waals surface area contributed by atoms with E-state index in [9.17, 15) is 15.3 Å². The van der Waals surface area contributed by atoms with Crippen LogP contribution in [0.25, 0.3) is 0 Å². The van der Waals surface area contributed by atoms with Gasteiger partial charge in [0.1, 0.15) is 0 Å². The SMILES string of the molecule is CCCCCCCCCCCCOOC(OCCCCCCCCCCCC)C(CO)(CO)CO. The fraction of sp³-hybridized carbons (Fsp3) is 1.00. The van der Waals surface area contributed by atoms with E-state index in [0.29, 0.717) is 13.2 Å². The number of hydrogen-bond acceptors (Lipinski definition) is 6. The van der Waals surface area contributed by atoms with Gasteiger partial charge in [0.05, 0.1) is 31.8 Å². The highest BCUT2D eigenvalue weighted by Crippen LogP contribution is 2.25. The lowest BCUT2D eigenvalue weighted by molar-refractivity contribution is -0.410. The van der Waals surface area contributed by atoms with Crippen LogP contribution in [-0.2, 0) is 14.5 Å². The van der Waals surface area contributed by atoms with Crippen LogP contribution in [0.2, 0.25) is 0 Å². The van der Waals surface area contributed by atoms with E-state index in [1.54, 1.807) is 0 Å². The van der Waals surface area contributed by atoms with Crippen LogP contribution in [-0.4, -0.2) is 54.6 Å². The van der Waals surface area contributed by atoms with Crippen molar-refractivity contribution in [3.05, 3.63) is 0 Å². The van der Waals surface area contributed by atoms with Crippen molar-refractivity contribution in [1.29, 1.82) is 0 Å². The van der Waals surface area contributed by atoms with Crippen LogP contribution >= 0.6 is 0 Å². The molecule has 0 aliphatic rings. The smallest absolute Gasteiger partial charge is 0.203 e. The Bertz CT molecular complexity index is 394. The molecule has 0 rings (SSSR count). The van der Waals surface area contributed by atoms with Crippen molar-refractivity contribution in [3.63, 3.8) is 0 Å². The molecule has 0 fully saturated rings. The van der Waals surface area contributed by atoms with E-state index in [-0.39, 0.29) is 0 Å². The average molecular weight is 505 g/mol. The Balaban J connectivity index is 3.98. The van der Waals surface area contributed by atoms with E-state index in [0.717, 1.165) is 25.7 Å². The zero-order valence-corrected chi connectivity index (χ0v) is 23.3. The molecule has 0 radical (unpaired) electrons. The number of ether oxygens (including phenoxy) is 1. The summed E-state index contributed by atoms with van der Waals surface area (Å²) in [5, 5.41) is 29.3. The second-order valence-corrected chi connectivity index (χ2v) is 10.3. The van der Waals surface area contributed by atoms with Crippen LogP contribution in [0.3, 0.4) is 0 Å². The Morgan fingerprint density at radius 1 is 0.486 bits per heavy atom. The maximum atomic E-state index is 9.78. The summed E-state index contributed by atoms with van der Waals surface area (Å²) in [7, 11) is 0. The van der Waals surface area contributed by atoms with Crippen LogP contribution < -0.4 is 0 Å². The van der Waals surface area contributed by atoms with Crippen molar-refractivity contribution < 1.29 is 29.8 Å². The molecule has 1 unspecified atom stereocenters. The maximum absolute atomic E-state index is 9.78. The van der Waals surface area contributed by atoms with E-state index in [1.165, 1.54) is 103 Å². The molecule has 1 atom stereocenters. The van der Waals surface area contributed by atoms with Crippen molar-refractivity contribution >= 4 is 0 Å². The van der Waals surface area contributed by atoms with Gasteiger partial charge in [-0.05, 0) is 12.8 Å². The predicted octanol–water partition coefficient (Wildman–Crippen LogP) is 7.08. The summed E-state index contributed by atoms with van der Waals surface area (Å²) < 4.78 is 5.83. The lowest BCUT2D eigenvalue weighted by atomic mass is 9.90. The van der Waals surface area contributed by atoms with E-state index >= 15 is 0 Å². The first-order valence-electron chi connectivity index (χ1n) is 14.9. The summed E-state index contributed by atoms with van der Waals surface area (Å²) in [6.07, 6.45) is 23.8.